The van der Waals surface area contributed by atoms with E-state index in [9.17, 15) is 0 Å². The lowest BCUT2D eigenvalue weighted by Gasteiger charge is -2.22. The SMILES string of the molecule is OCCCCCCCCCCCC1CCNCC1. The van der Waals surface area contributed by atoms with E-state index in [-0.39, 0.29) is 0 Å². The summed E-state index contributed by atoms with van der Waals surface area (Å²) in [4.78, 5) is 0. The van der Waals surface area contributed by atoms with Gasteiger partial charge in [0.05, 0.1) is 0 Å². The van der Waals surface area contributed by atoms with E-state index in [0.717, 1.165) is 12.3 Å². The van der Waals surface area contributed by atoms with E-state index in [1.54, 1.807) is 0 Å². The second kappa shape index (κ2) is 12.0. The summed E-state index contributed by atoms with van der Waals surface area (Å²) in [5.74, 6) is 1.02. The van der Waals surface area contributed by atoms with Gasteiger partial charge in [0.1, 0.15) is 0 Å². The van der Waals surface area contributed by atoms with Crippen LogP contribution in [-0.2, 0) is 0 Å². The first-order valence-electron chi connectivity index (χ1n) is 8.25. The van der Waals surface area contributed by atoms with Crippen molar-refractivity contribution in [3.8, 4) is 0 Å². The van der Waals surface area contributed by atoms with E-state index in [4.69, 9.17) is 5.11 Å². The van der Waals surface area contributed by atoms with Gasteiger partial charge >= 0.3 is 0 Å². The third-order valence-corrected chi connectivity index (χ3v) is 4.23. The molecule has 2 N–H and O–H groups in total. The molecule has 1 fully saturated rings. The van der Waals surface area contributed by atoms with Crippen LogP contribution in [0.25, 0.3) is 0 Å². The molecule has 0 spiro atoms. The number of nitrogens with one attached hydrogen (secondary N) is 1. The summed E-state index contributed by atoms with van der Waals surface area (Å²) in [6.45, 7) is 2.87. The number of aliphatic hydroxyl groups excluding tert-OH is 1. The van der Waals surface area contributed by atoms with Gasteiger partial charge in [-0.1, -0.05) is 57.8 Å². The molecule has 0 unspecified atom stereocenters. The monoisotopic (exact) mass is 255 g/mol. The van der Waals surface area contributed by atoms with E-state index in [1.165, 1.54) is 83.7 Å². The Labute approximate surface area is 114 Å². The molecule has 0 aromatic carbocycles. The number of unbranched alkanes of at least 4 members (excludes halogenated alkanes) is 8. The molecule has 1 aliphatic rings. The van der Waals surface area contributed by atoms with Crippen molar-refractivity contribution in [3.05, 3.63) is 0 Å². The number of piperidine rings is 1. The molecule has 1 aliphatic heterocycles. The Bertz CT molecular complexity index is 166. The molecule has 0 radical (unpaired) electrons. The van der Waals surface area contributed by atoms with Crippen LogP contribution in [0, 0.1) is 5.92 Å². The lowest BCUT2D eigenvalue weighted by atomic mass is 9.92. The van der Waals surface area contributed by atoms with Crippen LogP contribution in [0.15, 0.2) is 0 Å². The van der Waals surface area contributed by atoms with E-state index in [2.05, 4.69) is 5.32 Å². The van der Waals surface area contributed by atoms with Crippen LogP contribution in [0.1, 0.15) is 77.0 Å². The maximum Gasteiger partial charge on any atom is 0.0431 e. The summed E-state index contributed by atoms with van der Waals surface area (Å²) in [5.41, 5.74) is 0. The van der Waals surface area contributed by atoms with Gasteiger partial charge in [-0.05, 0) is 38.3 Å². The minimum absolute atomic E-state index is 0.372. The Hall–Kier alpha value is -0.0800. The molecule has 2 nitrogen and oxygen atoms in total. The third-order valence-electron chi connectivity index (χ3n) is 4.23. The molecule has 0 aromatic heterocycles. The predicted molar refractivity (Wildman–Crippen MR) is 78.8 cm³/mol. The maximum atomic E-state index is 8.67. The van der Waals surface area contributed by atoms with Crippen molar-refractivity contribution in [2.45, 2.75) is 77.0 Å². The molecule has 0 aliphatic carbocycles. The molecule has 0 amide bonds. The molecule has 1 rings (SSSR count). The third kappa shape index (κ3) is 8.93. The van der Waals surface area contributed by atoms with E-state index in [0.29, 0.717) is 6.61 Å². The number of aliphatic hydroxyl groups is 1. The van der Waals surface area contributed by atoms with Crippen molar-refractivity contribution in [1.82, 2.24) is 5.32 Å². The highest BCUT2D eigenvalue weighted by Crippen LogP contribution is 2.20. The van der Waals surface area contributed by atoms with Crippen LogP contribution in [-0.4, -0.2) is 24.8 Å². The summed E-state index contributed by atoms with van der Waals surface area (Å²) in [5, 5.41) is 12.1. The Morgan fingerprint density at radius 3 is 1.78 bits per heavy atom. The van der Waals surface area contributed by atoms with Crippen LogP contribution < -0.4 is 5.32 Å². The zero-order valence-electron chi connectivity index (χ0n) is 12.1. The summed E-state index contributed by atoms with van der Waals surface area (Å²) in [7, 11) is 0. The highest BCUT2D eigenvalue weighted by molar-refractivity contribution is 4.68. The van der Waals surface area contributed by atoms with Gasteiger partial charge in [0.2, 0.25) is 0 Å². The van der Waals surface area contributed by atoms with Crippen molar-refractivity contribution in [3.63, 3.8) is 0 Å². The molecule has 0 aromatic rings. The fourth-order valence-corrected chi connectivity index (χ4v) is 2.95. The Kier molecular flexibility index (Phi) is 10.6. The van der Waals surface area contributed by atoms with Crippen molar-refractivity contribution in [2.24, 2.45) is 5.92 Å². The first-order chi connectivity index (χ1) is 8.93. The molecule has 0 saturated carbocycles. The molecular formula is C16H33NO. The standard InChI is InChI=1S/C16H33NO/c18-15-9-7-5-3-1-2-4-6-8-10-16-11-13-17-14-12-16/h16-18H,1-15H2. The second-order valence-corrected chi connectivity index (χ2v) is 5.89. The number of hydrogen-bond donors (Lipinski definition) is 2. The van der Waals surface area contributed by atoms with Crippen LogP contribution in [0.3, 0.4) is 0 Å². The summed E-state index contributed by atoms with van der Waals surface area (Å²) < 4.78 is 0. The van der Waals surface area contributed by atoms with E-state index >= 15 is 0 Å². The number of rotatable bonds is 11. The minimum atomic E-state index is 0.372. The van der Waals surface area contributed by atoms with Crippen LogP contribution in [0.5, 0.6) is 0 Å². The highest BCUT2D eigenvalue weighted by atomic mass is 16.2. The Balaban J connectivity index is 1.73. The lowest BCUT2D eigenvalue weighted by molar-refractivity contribution is 0.282. The average Bonchev–Trinajstić information content (AvgIpc) is 2.42. The number of hydrogen-bond acceptors (Lipinski definition) is 2. The minimum Gasteiger partial charge on any atom is -0.396 e. The van der Waals surface area contributed by atoms with Crippen molar-refractivity contribution in [2.75, 3.05) is 19.7 Å². The largest absolute Gasteiger partial charge is 0.396 e. The van der Waals surface area contributed by atoms with Gasteiger partial charge in [-0.15, -0.1) is 0 Å². The van der Waals surface area contributed by atoms with Crippen molar-refractivity contribution < 1.29 is 5.11 Å². The molecule has 0 atom stereocenters. The van der Waals surface area contributed by atoms with Gasteiger partial charge in [-0.25, -0.2) is 0 Å². The highest BCUT2D eigenvalue weighted by Gasteiger charge is 2.11. The molecule has 0 bridgehead atoms. The normalized spacial score (nSPS) is 17.2. The topological polar surface area (TPSA) is 32.3 Å². The zero-order chi connectivity index (χ0) is 12.9. The van der Waals surface area contributed by atoms with E-state index < -0.39 is 0 Å². The average molecular weight is 255 g/mol. The van der Waals surface area contributed by atoms with Gasteiger partial charge in [-0.3, -0.25) is 0 Å². The van der Waals surface area contributed by atoms with E-state index in [1.807, 2.05) is 0 Å². The van der Waals surface area contributed by atoms with Crippen molar-refractivity contribution >= 4 is 0 Å². The van der Waals surface area contributed by atoms with Gasteiger partial charge in [0, 0.05) is 6.61 Å². The van der Waals surface area contributed by atoms with Gasteiger partial charge < -0.3 is 10.4 Å². The maximum absolute atomic E-state index is 8.67. The molecular weight excluding hydrogens is 222 g/mol. The van der Waals surface area contributed by atoms with Crippen molar-refractivity contribution in [1.29, 1.82) is 0 Å². The Morgan fingerprint density at radius 2 is 1.22 bits per heavy atom. The molecule has 2 heteroatoms. The van der Waals surface area contributed by atoms with Gasteiger partial charge in [0.25, 0.3) is 0 Å². The van der Waals surface area contributed by atoms with Crippen LogP contribution in [0.4, 0.5) is 0 Å². The fraction of sp³-hybridized carbons (Fsp3) is 1.00. The lowest BCUT2D eigenvalue weighted by Crippen LogP contribution is -2.27. The van der Waals surface area contributed by atoms with Gasteiger partial charge in [0.15, 0.2) is 0 Å². The van der Waals surface area contributed by atoms with Gasteiger partial charge in [-0.2, -0.15) is 0 Å². The Morgan fingerprint density at radius 1 is 0.722 bits per heavy atom. The molecule has 1 heterocycles. The summed E-state index contributed by atoms with van der Waals surface area (Å²) >= 11 is 0. The fourth-order valence-electron chi connectivity index (χ4n) is 2.95. The smallest absolute Gasteiger partial charge is 0.0431 e. The molecule has 18 heavy (non-hydrogen) atoms. The molecule has 1 saturated heterocycles. The second-order valence-electron chi connectivity index (χ2n) is 5.89. The first kappa shape index (κ1) is 16.0. The summed E-state index contributed by atoms with van der Waals surface area (Å²) in [6, 6.07) is 0. The summed E-state index contributed by atoms with van der Waals surface area (Å²) in [6.07, 6.45) is 16.3. The molecule has 108 valence electrons. The predicted octanol–water partition coefficient (Wildman–Crippen LogP) is 3.88. The first-order valence-corrected chi connectivity index (χ1v) is 8.25. The zero-order valence-corrected chi connectivity index (χ0v) is 12.1. The van der Waals surface area contributed by atoms with Crippen LogP contribution in [0.2, 0.25) is 0 Å². The quantitative estimate of drug-likeness (QED) is 0.549. The van der Waals surface area contributed by atoms with Crippen LogP contribution >= 0.6 is 0 Å².